The van der Waals surface area contributed by atoms with E-state index in [2.05, 4.69) is 15.5 Å². The molecule has 132 valence electrons. The molecule has 24 heavy (non-hydrogen) atoms. The molecular formula is C17H24ClN3O2S. The average Bonchev–Trinajstić information content (AvgIpc) is 3.07. The topological polar surface area (TPSA) is 53.6 Å². The van der Waals surface area contributed by atoms with Crippen molar-refractivity contribution in [3.63, 3.8) is 0 Å². The number of nitrogens with one attached hydrogen (secondary N) is 2. The molecule has 7 heteroatoms. The van der Waals surface area contributed by atoms with Crippen LogP contribution in [0, 0.1) is 6.92 Å². The van der Waals surface area contributed by atoms with Crippen LogP contribution in [0.5, 0.6) is 0 Å². The van der Waals surface area contributed by atoms with E-state index in [0.717, 1.165) is 55.5 Å². The van der Waals surface area contributed by atoms with Crippen LogP contribution in [-0.4, -0.2) is 60.8 Å². The van der Waals surface area contributed by atoms with Crippen molar-refractivity contribution in [1.29, 1.82) is 0 Å². The van der Waals surface area contributed by atoms with Crippen LogP contribution in [0.15, 0.2) is 18.2 Å². The second kappa shape index (κ2) is 7.95. The van der Waals surface area contributed by atoms with Gasteiger partial charge in [0.1, 0.15) is 0 Å². The number of halogens is 1. The van der Waals surface area contributed by atoms with Crippen molar-refractivity contribution in [3.8, 4) is 0 Å². The van der Waals surface area contributed by atoms with Crippen LogP contribution in [0.25, 0.3) is 0 Å². The summed E-state index contributed by atoms with van der Waals surface area (Å²) in [5, 5.41) is 6.67. The molecule has 0 radical (unpaired) electrons. The third-order valence-corrected chi connectivity index (χ3v) is 6.25. The van der Waals surface area contributed by atoms with Crippen LogP contribution in [0.2, 0.25) is 5.02 Å². The summed E-state index contributed by atoms with van der Waals surface area (Å²) in [5.74, 6) is 2.21. The number of carbonyl (C=O) groups is 1. The van der Waals surface area contributed by atoms with E-state index in [4.69, 9.17) is 16.3 Å². The first-order chi connectivity index (χ1) is 11.6. The van der Waals surface area contributed by atoms with E-state index in [9.17, 15) is 4.79 Å². The number of amides is 2. The van der Waals surface area contributed by atoms with Crippen LogP contribution in [-0.2, 0) is 4.74 Å². The highest BCUT2D eigenvalue weighted by Gasteiger charge is 2.40. The molecule has 1 atom stereocenters. The summed E-state index contributed by atoms with van der Waals surface area (Å²) < 4.78 is 5.47. The van der Waals surface area contributed by atoms with Crippen molar-refractivity contribution < 1.29 is 9.53 Å². The van der Waals surface area contributed by atoms with Crippen molar-refractivity contribution in [2.24, 2.45) is 0 Å². The van der Waals surface area contributed by atoms with E-state index in [-0.39, 0.29) is 11.6 Å². The summed E-state index contributed by atoms with van der Waals surface area (Å²) in [6, 6.07) is 5.30. The van der Waals surface area contributed by atoms with Gasteiger partial charge < -0.3 is 15.4 Å². The lowest BCUT2D eigenvalue weighted by Gasteiger charge is -2.43. The van der Waals surface area contributed by atoms with Gasteiger partial charge in [0.05, 0.1) is 13.2 Å². The maximum Gasteiger partial charge on any atom is 0.319 e. The molecule has 2 saturated heterocycles. The van der Waals surface area contributed by atoms with Gasteiger partial charge in [0.15, 0.2) is 0 Å². The molecule has 1 unspecified atom stereocenters. The van der Waals surface area contributed by atoms with Crippen LogP contribution < -0.4 is 10.6 Å². The number of morpholine rings is 1. The molecule has 2 heterocycles. The molecule has 1 aromatic rings. The number of hydrogen-bond donors (Lipinski definition) is 2. The first kappa shape index (κ1) is 17.9. The van der Waals surface area contributed by atoms with Crippen LogP contribution in [0.4, 0.5) is 10.5 Å². The standard InChI is InChI=1S/C17H24ClN3O2S/c1-13-10-14(18)2-3-15(13)20-16(22)19-11-17(4-9-24-12-17)21-5-7-23-8-6-21/h2-3,10H,4-9,11-12H2,1H3,(H2,19,20,22). The first-order valence-corrected chi connectivity index (χ1v) is 9.84. The summed E-state index contributed by atoms with van der Waals surface area (Å²) in [6.45, 7) is 6.05. The molecule has 2 amide bonds. The first-order valence-electron chi connectivity index (χ1n) is 8.31. The molecular weight excluding hydrogens is 346 g/mol. The molecule has 3 rings (SSSR count). The Labute approximate surface area is 152 Å². The number of nitrogens with zero attached hydrogens (tertiary/aromatic N) is 1. The predicted octanol–water partition coefficient (Wildman–Crippen LogP) is 2.98. The quantitative estimate of drug-likeness (QED) is 0.856. The Morgan fingerprint density at radius 1 is 1.42 bits per heavy atom. The highest BCUT2D eigenvalue weighted by atomic mass is 35.5. The molecule has 0 aliphatic carbocycles. The zero-order valence-electron chi connectivity index (χ0n) is 13.9. The second-order valence-corrected chi connectivity index (χ2v) is 7.93. The molecule has 2 aliphatic heterocycles. The minimum atomic E-state index is -0.162. The van der Waals surface area contributed by atoms with Crippen molar-refractivity contribution in [1.82, 2.24) is 10.2 Å². The lowest BCUT2D eigenvalue weighted by atomic mass is 9.95. The summed E-state index contributed by atoms with van der Waals surface area (Å²) in [7, 11) is 0. The van der Waals surface area contributed by atoms with Gasteiger partial charge in [-0.3, -0.25) is 4.90 Å². The van der Waals surface area contributed by atoms with Crippen LogP contribution in [0.3, 0.4) is 0 Å². The largest absolute Gasteiger partial charge is 0.379 e. The number of carbonyl (C=O) groups excluding carboxylic acids is 1. The maximum atomic E-state index is 12.3. The fourth-order valence-corrected chi connectivity index (χ4v) is 5.02. The van der Waals surface area contributed by atoms with E-state index < -0.39 is 0 Å². The van der Waals surface area contributed by atoms with Gasteiger partial charge in [-0.05, 0) is 42.9 Å². The fraction of sp³-hybridized carbons (Fsp3) is 0.588. The Balaban J connectivity index is 1.59. The number of benzene rings is 1. The monoisotopic (exact) mass is 369 g/mol. The number of hydrogen-bond acceptors (Lipinski definition) is 4. The van der Waals surface area contributed by atoms with Crippen molar-refractivity contribution in [3.05, 3.63) is 28.8 Å². The van der Waals surface area contributed by atoms with Crippen molar-refractivity contribution >= 4 is 35.1 Å². The SMILES string of the molecule is Cc1cc(Cl)ccc1NC(=O)NCC1(N2CCOCC2)CCSC1. The molecule has 2 fully saturated rings. The second-order valence-electron chi connectivity index (χ2n) is 6.39. The van der Waals surface area contributed by atoms with Gasteiger partial charge in [-0.25, -0.2) is 4.79 Å². The van der Waals surface area contributed by atoms with E-state index in [1.165, 1.54) is 0 Å². The molecule has 0 saturated carbocycles. The molecule has 0 spiro atoms. The minimum Gasteiger partial charge on any atom is -0.379 e. The Bertz CT molecular complexity index is 587. The van der Waals surface area contributed by atoms with Gasteiger partial charge in [-0.1, -0.05) is 11.6 Å². The Morgan fingerprint density at radius 3 is 2.88 bits per heavy atom. The summed E-state index contributed by atoms with van der Waals surface area (Å²) in [6.07, 6.45) is 1.11. The minimum absolute atomic E-state index is 0.0564. The van der Waals surface area contributed by atoms with Gasteiger partial charge in [0, 0.05) is 41.6 Å². The van der Waals surface area contributed by atoms with Crippen LogP contribution >= 0.6 is 23.4 Å². The molecule has 2 N–H and O–H groups in total. The molecule has 0 aromatic heterocycles. The van der Waals surface area contributed by atoms with Gasteiger partial charge >= 0.3 is 6.03 Å². The number of rotatable bonds is 4. The number of anilines is 1. The third-order valence-electron chi connectivity index (χ3n) is 4.78. The Hall–Kier alpha value is -0.950. The number of ether oxygens (including phenoxy) is 1. The predicted molar refractivity (Wildman–Crippen MR) is 100 cm³/mol. The summed E-state index contributed by atoms with van der Waals surface area (Å²) in [4.78, 5) is 14.8. The van der Waals surface area contributed by atoms with Crippen molar-refractivity contribution in [2.75, 3.05) is 49.7 Å². The molecule has 5 nitrogen and oxygen atoms in total. The molecule has 2 aliphatic rings. The average molecular weight is 370 g/mol. The van der Waals surface area contributed by atoms with E-state index >= 15 is 0 Å². The highest BCUT2D eigenvalue weighted by Crippen LogP contribution is 2.33. The lowest BCUT2D eigenvalue weighted by Crippen LogP contribution is -2.59. The van der Waals surface area contributed by atoms with E-state index in [1.54, 1.807) is 6.07 Å². The Morgan fingerprint density at radius 2 is 2.21 bits per heavy atom. The van der Waals surface area contributed by atoms with E-state index in [1.807, 2.05) is 30.8 Å². The smallest absolute Gasteiger partial charge is 0.319 e. The van der Waals surface area contributed by atoms with Gasteiger partial charge in [-0.15, -0.1) is 0 Å². The zero-order valence-corrected chi connectivity index (χ0v) is 15.5. The lowest BCUT2D eigenvalue weighted by molar-refractivity contribution is -0.0123. The molecule has 0 bridgehead atoms. The van der Waals surface area contributed by atoms with Gasteiger partial charge in [0.25, 0.3) is 0 Å². The fourth-order valence-electron chi connectivity index (χ4n) is 3.31. The normalized spacial score (nSPS) is 24.8. The van der Waals surface area contributed by atoms with E-state index in [0.29, 0.717) is 11.6 Å². The Kier molecular flexibility index (Phi) is 5.92. The number of urea groups is 1. The number of thioether (sulfide) groups is 1. The zero-order chi connectivity index (χ0) is 17.0. The van der Waals surface area contributed by atoms with Crippen molar-refractivity contribution in [2.45, 2.75) is 18.9 Å². The summed E-state index contributed by atoms with van der Waals surface area (Å²) in [5.41, 5.74) is 1.80. The number of aryl methyl sites for hydroxylation is 1. The van der Waals surface area contributed by atoms with Gasteiger partial charge in [-0.2, -0.15) is 11.8 Å². The summed E-state index contributed by atoms with van der Waals surface area (Å²) >= 11 is 7.92. The molecule has 1 aromatic carbocycles. The maximum absolute atomic E-state index is 12.3. The van der Waals surface area contributed by atoms with Crippen LogP contribution in [0.1, 0.15) is 12.0 Å². The third kappa shape index (κ3) is 4.17. The van der Waals surface area contributed by atoms with Gasteiger partial charge in [0.2, 0.25) is 0 Å². The highest BCUT2D eigenvalue weighted by molar-refractivity contribution is 7.99.